The maximum atomic E-state index is 13.1. The van der Waals surface area contributed by atoms with E-state index in [1.165, 1.54) is 35.2 Å². The highest BCUT2D eigenvalue weighted by Crippen LogP contribution is 2.36. The second-order valence-electron chi connectivity index (χ2n) is 6.81. The first-order chi connectivity index (χ1) is 14.4. The summed E-state index contributed by atoms with van der Waals surface area (Å²) < 4.78 is 12.5. The number of non-ortho nitro benzene ring substituents is 1. The highest BCUT2D eigenvalue weighted by molar-refractivity contribution is 7.98. The number of thioether (sulfide) groups is 1. The Morgan fingerprint density at radius 2 is 2.23 bits per heavy atom. The monoisotopic (exact) mass is 445 g/mol. The largest absolute Gasteiger partial charge is 0.467 e. The number of nitro groups is 1. The van der Waals surface area contributed by atoms with Crippen LogP contribution in [-0.2, 0) is 23.6 Å². The third-order valence-corrected chi connectivity index (χ3v) is 7.03. The lowest BCUT2D eigenvalue weighted by Gasteiger charge is -2.20. The van der Waals surface area contributed by atoms with Gasteiger partial charge >= 0.3 is 0 Å². The second-order valence-corrected chi connectivity index (χ2v) is 8.96. The molecule has 0 amide bonds. The molecule has 0 spiro atoms. The fourth-order valence-corrected chi connectivity index (χ4v) is 5.39. The van der Waals surface area contributed by atoms with Crippen molar-refractivity contribution in [3.05, 3.63) is 66.8 Å². The Balaban J connectivity index is 1.76. The van der Waals surface area contributed by atoms with E-state index in [9.17, 15) is 14.9 Å². The van der Waals surface area contributed by atoms with Crippen molar-refractivity contribution < 1.29 is 14.4 Å². The van der Waals surface area contributed by atoms with Gasteiger partial charge in [-0.15, -0.1) is 17.9 Å². The van der Waals surface area contributed by atoms with Crippen LogP contribution < -0.4 is 10.3 Å². The van der Waals surface area contributed by atoms with Crippen LogP contribution >= 0.6 is 23.1 Å². The van der Waals surface area contributed by atoms with Crippen LogP contribution in [0, 0.1) is 24.0 Å². The van der Waals surface area contributed by atoms with Gasteiger partial charge in [0.05, 0.1) is 16.9 Å². The minimum atomic E-state index is -0.432. The van der Waals surface area contributed by atoms with Crippen molar-refractivity contribution in [1.82, 2.24) is 9.55 Å². The summed E-state index contributed by atoms with van der Waals surface area (Å²) >= 11 is 2.84. The van der Waals surface area contributed by atoms with Crippen molar-refractivity contribution in [2.45, 2.75) is 37.9 Å². The lowest BCUT2D eigenvalue weighted by molar-refractivity contribution is -0.385. The second kappa shape index (κ2) is 8.21. The molecule has 0 atom stereocenters. The fourth-order valence-electron chi connectivity index (χ4n) is 3.34. The predicted octanol–water partition coefficient (Wildman–Crippen LogP) is 4.33. The van der Waals surface area contributed by atoms with E-state index in [1.807, 2.05) is 13.8 Å². The Hall–Kier alpha value is -2.69. The molecule has 0 saturated carbocycles. The number of ether oxygens (including phenoxy) is 2. The molecule has 10 heteroatoms. The van der Waals surface area contributed by atoms with Crippen LogP contribution in [0.2, 0.25) is 0 Å². The van der Waals surface area contributed by atoms with Gasteiger partial charge in [-0.2, -0.15) is 0 Å². The van der Waals surface area contributed by atoms with Crippen molar-refractivity contribution >= 4 is 39.0 Å². The minimum absolute atomic E-state index is 0.0187. The van der Waals surface area contributed by atoms with Crippen LogP contribution in [0.3, 0.4) is 0 Å². The zero-order valence-electron chi connectivity index (χ0n) is 16.5. The number of hydrogen-bond acceptors (Lipinski definition) is 8. The molecule has 4 rings (SSSR count). The Kier molecular flexibility index (Phi) is 5.63. The third kappa shape index (κ3) is 3.62. The van der Waals surface area contributed by atoms with E-state index >= 15 is 0 Å². The molecule has 0 N–H and O–H groups in total. The summed E-state index contributed by atoms with van der Waals surface area (Å²) in [5, 5.41) is 12.5. The van der Waals surface area contributed by atoms with Gasteiger partial charge in [0, 0.05) is 40.4 Å². The maximum Gasteiger partial charge on any atom is 0.270 e. The Morgan fingerprint density at radius 1 is 1.43 bits per heavy atom. The van der Waals surface area contributed by atoms with E-state index in [0.29, 0.717) is 44.5 Å². The number of nitro benzene ring substituents is 1. The predicted molar refractivity (Wildman–Crippen MR) is 116 cm³/mol. The van der Waals surface area contributed by atoms with Gasteiger partial charge in [-0.1, -0.05) is 17.8 Å². The SMILES string of the molecule is C=CCn1c(SCc2cc([N+](=O)[O-])cc3c2OCOC3)nc2sc(C)c(C)c2c1=O. The minimum Gasteiger partial charge on any atom is -0.467 e. The topological polar surface area (TPSA) is 96.5 Å². The number of hydrogen-bond donors (Lipinski definition) is 0. The van der Waals surface area contributed by atoms with Gasteiger partial charge in [0.15, 0.2) is 11.9 Å². The van der Waals surface area contributed by atoms with E-state index in [2.05, 4.69) is 6.58 Å². The molecule has 0 radical (unpaired) electrons. The highest BCUT2D eigenvalue weighted by atomic mass is 32.2. The Morgan fingerprint density at radius 3 is 2.97 bits per heavy atom. The number of nitrogens with zero attached hydrogens (tertiary/aromatic N) is 3. The van der Waals surface area contributed by atoms with Crippen molar-refractivity contribution in [3.8, 4) is 5.75 Å². The summed E-state index contributed by atoms with van der Waals surface area (Å²) in [6.45, 7) is 8.34. The average molecular weight is 446 g/mol. The van der Waals surface area contributed by atoms with E-state index in [4.69, 9.17) is 14.5 Å². The van der Waals surface area contributed by atoms with E-state index in [-0.39, 0.29) is 24.6 Å². The van der Waals surface area contributed by atoms with Crippen LogP contribution in [0.15, 0.2) is 34.7 Å². The lowest BCUT2D eigenvalue weighted by Crippen LogP contribution is -2.22. The first-order valence-corrected chi connectivity index (χ1v) is 11.0. The molecule has 8 nitrogen and oxygen atoms in total. The number of rotatable bonds is 6. The molecule has 2 aromatic heterocycles. The number of allylic oxidation sites excluding steroid dienone is 1. The number of fused-ring (bicyclic) bond motifs is 2. The fraction of sp³-hybridized carbons (Fsp3) is 0.300. The molecule has 156 valence electrons. The Labute approximate surface area is 180 Å². The first kappa shape index (κ1) is 20.6. The zero-order valence-corrected chi connectivity index (χ0v) is 18.1. The summed E-state index contributed by atoms with van der Waals surface area (Å²) in [7, 11) is 0. The molecule has 0 fully saturated rings. The lowest BCUT2D eigenvalue weighted by atomic mass is 10.1. The first-order valence-electron chi connectivity index (χ1n) is 9.15. The van der Waals surface area contributed by atoms with E-state index < -0.39 is 4.92 Å². The van der Waals surface area contributed by atoms with Crippen molar-refractivity contribution in [1.29, 1.82) is 0 Å². The molecule has 0 aliphatic carbocycles. The number of aromatic nitrogens is 2. The summed E-state index contributed by atoms with van der Waals surface area (Å²) in [5.41, 5.74) is 2.14. The molecule has 1 aliphatic heterocycles. The highest BCUT2D eigenvalue weighted by Gasteiger charge is 2.22. The Bertz CT molecular complexity index is 1230. The quantitative estimate of drug-likeness (QED) is 0.183. The summed E-state index contributed by atoms with van der Waals surface area (Å²) in [4.78, 5) is 30.5. The molecule has 1 aliphatic rings. The molecular weight excluding hydrogens is 426 g/mol. The van der Waals surface area contributed by atoms with Gasteiger partial charge in [0.2, 0.25) is 0 Å². The number of aryl methyl sites for hydroxylation is 2. The van der Waals surface area contributed by atoms with Crippen LogP contribution in [0.25, 0.3) is 10.2 Å². The van der Waals surface area contributed by atoms with Crippen LogP contribution in [0.4, 0.5) is 5.69 Å². The van der Waals surface area contributed by atoms with Gasteiger partial charge in [0.25, 0.3) is 11.2 Å². The molecule has 30 heavy (non-hydrogen) atoms. The third-order valence-electron chi connectivity index (χ3n) is 4.90. The van der Waals surface area contributed by atoms with Crippen molar-refractivity contribution in [2.75, 3.05) is 6.79 Å². The van der Waals surface area contributed by atoms with E-state index in [0.717, 1.165) is 10.4 Å². The number of thiophene rings is 1. The van der Waals surface area contributed by atoms with Crippen LogP contribution in [0.1, 0.15) is 21.6 Å². The van der Waals surface area contributed by atoms with Crippen LogP contribution in [-0.4, -0.2) is 21.3 Å². The van der Waals surface area contributed by atoms with Gasteiger partial charge in [-0.25, -0.2) is 4.98 Å². The summed E-state index contributed by atoms with van der Waals surface area (Å²) in [6, 6.07) is 2.98. The molecule has 0 bridgehead atoms. The normalized spacial score (nSPS) is 13.1. The van der Waals surface area contributed by atoms with Gasteiger partial charge in [0.1, 0.15) is 10.6 Å². The summed E-state index contributed by atoms with van der Waals surface area (Å²) in [6.07, 6.45) is 1.66. The molecule has 3 aromatic rings. The molecule has 0 unspecified atom stereocenters. The van der Waals surface area contributed by atoms with Crippen molar-refractivity contribution in [2.24, 2.45) is 0 Å². The van der Waals surface area contributed by atoms with Crippen LogP contribution in [0.5, 0.6) is 5.75 Å². The van der Waals surface area contributed by atoms with Gasteiger partial charge < -0.3 is 9.47 Å². The molecule has 1 aromatic carbocycles. The maximum absolute atomic E-state index is 13.1. The van der Waals surface area contributed by atoms with Gasteiger partial charge in [-0.05, 0) is 19.4 Å². The molecule has 3 heterocycles. The smallest absolute Gasteiger partial charge is 0.270 e. The summed E-state index contributed by atoms with van der Waals surface area (Å²) in [5.74, 6) is 0.962. The molecule has 0 saturated heterocycles. The van der Waals surface area contributed by atoms with E-state index in [1.54, 1.807) is 10.6 Å². The number of benzene rings is 1. The van der Waals surface area contributed by atoms with Gasteiger partial charge in [-0.3, -0.25) is 19.5 Å². The zero-order chi connectivity index (χ0) is 21.4. The average Bonchev–Trinajstić information content (AvgIpc) is 3.02. The molecular formula is C20H19N3O5S2. The standard InChI is InChI=1S/C20H19N3O5S2/c1-4-5-22-19(24)16-11(2)12(3)30-18(16)21-20(22)29-9-14-7-15(23(25)26)6-13-8-27-10-28-17(13)14/h4,6-7H,1,5,8-10H2,2-3H3. The van der Waals surface area contributed by atoms with Crippen molar-refractivity contribution in [3.63, 3.8) is 0 Å².